The maximum absolute atomic E-state index is 8.57. The lowest BCUT2D eigenvalue weighted by atomic mass is 10.3. The molecule has 2 heterocycles. The van der Waals surface area contributed by atoms with E-state index in [1.807, 2.05) is 6.07 Å². The molecule has 0 aliphatic rings. The van der Waals surface area contributed by atoms with Crippen LogP contribution < -0.4 is 5.73 Å². The molecule has 0 radical (unpaired) electrons. The number of hydrogen-bond acceptors (Lipinski definition) is 4. The second-order valence-electron chi connectivity index (χ2n) is 2.31. The van der Waals surface area contributed by atoms with Gasteiger partial charge in [-0.1, -0.05) is 0 Å². The number of fused-ring (bicyclic) bond motifs is 1. The highest BCUT2D eigenvalue weighted by atomic mass is 15.3. The van der Waals surface area contributed by atoms with E-state index in [1.165, 1.54) is 0 Å². The quantitative estimate of drug-likeness (QED) is 0.594. The Hall–Kier alpha value is -2.09. The Kier molecular flexibility index (Phi) is 1.21. The van der Waals surface area contributed by atoms with Crippen molar-refractivity contribution in [3.8, 4) is 6.07 Å². The van der Waals surface area contributed by atoms with Crippen molar-refractivity contribution in [2.24, 2.45) is 0 Å². The van der Waals surface area contributed by atoms with Crippen LogP contribution in [0.5, 0.6) is 0 Å². The van der Waals surface area contributed by atoms with E-state index in [0.717, 1.165) is 0 Å². The molecule has 5 heteroatoms. The van der Waals surface area contributed by atoms with Gasteiger partial charge in [-0.15, -0.1) is 10.2 Å². The van der Waals surface area contributed by atoms with Gasteiger partial charge in [0.05, 0.1) is 11.6 Å². The van der Waals surface area contributed by atoms with Gasteiger partial charge in [0.15, 0.2) is 5.65 Å². The van der Waals surface area contributed by atoms with Crippen molar-refractivity contribution in [2.45, 2.75) is 0 Å². The molecule has 0 saturated heterocycles. The Morgan fingerprint density at radius 1 is 1.50 bits per heavy atom. The molecule has 2 aromatic rings. The molecular formula is C7H5N5. The highest BCUT2D eigenvalue weighted by Gasteiger charge is 2.00. The van der Waals surface area contributed by atoms with Gasteiger partial charge in [0.25, 0.3) is 0 Å². The molecule has 0 aliphatic heterocycles. The molecule has 12 heavy (non-hydrogen) atoms. The molecule has 0 amide bonds. The van der Waals surface area contributed by atoms with Crippen LogP contribution in [0.15, 0.2) is 18.3 Å². The molecule has 0 saturated carbocycles. The standard InChI is InChI=1S/C7H5N5/c8-4-5-1-2-12-6(3-5)10-11-7(12)9/h1-3H,(H2,9,11). The number of nitrogens with zero attached hydrogens (tertiary/aromatic N) is 4. The highest BCUT2D eigenvalue weighted by Crippen LogP contribution is 2.06. The fourth-order valence-corrected chi connectivity index (χ4v) is 0.979. The van der Waals surface area contributed by atoms with Crippen LogP contribution in [0.3, 0.4) is 0 Å². The number of anilines is 1. The van der Waals surface area contributed by atoms with Gasteiger partial charge in [-0.05, 0) is 6.07 Å². The molecule has 0 bridgehead atoms. The molecule has 0 fully saturated rings. The number of nitriles is 1. The predicted molar refractivity (Wildman–Crippen MR) is 42.1 cm³/mol. The Morgan fingerprint density at radius 2 is 2.33 bits per heavy atom. The zero-order valence-corrected chi connectivity index (χ0v) is 6.10. The third kappa shape index (κ3) is 0.787. The summed E-state index contributed by atoms with van der Waals surface area (Å²) in [6, 6.07) is 5.29. The fraction of sp³-hybridized carbons (Fsp3) is 0. The van der Waals surface area contributed by atoms with E-state index in [2.05, 4.69) is 10.2 Å². The van der Waals surface area contributed by atoms with E-state index >= 15 is 0 Å². The third-order valence-corrected chi connectivity index (χ3v) is 1.57. The largest absolute Gasteiger partial charge is 0.368 e. The second kappa shape index (κ2) is 2.20. The summed E-state index contributed by atoms with van der Waals surface area (Å²) >= 11 is 0. The van der Waals surface area contributed by atoms with Crippen LogP contribution in [-0.4, -0.2) is 14.6 Å². The van der Waals surface area contributed by atoms with E-state index in [4.69, 9.17) is 11.0 Å². The fourth-order valence-electron chi connectivity index (χ4n) is 0.979. The molecular weight excluding hydrogens is 154 g/mol. The number of pyridine rings is 1. The molecule has 2 rings (SSSR count). The number of aromatic nitrogens is 3. The lowest BCUT2D eigenvalue weighted by Gasteiger charge is -1.92. The molecule has 0 atom stereocenters. The van der Waals surface area contributed by atoms with Crippen molar-refractivity contribution in [3.05, 3.63) is 23.9 Å². The van der Waals surface area contributed by atoms with Crippen LogP contribution in [0.4, 0.5) is 5.95 Å². The Labute approximate surface area is 68.1 Å². The number of nitrogen functional groups attached to an aromatic ring is 1. The molecule has 0 spiro atoms. The molecule has 2 aromatic heterocycles. The van der Waals surface area contributed by atoms with Crippen LogP contribution in [0, 0.1) is 11.3 Å². The van der Waals surface area contributed by atoms with Gasteiger partial charge in [0.1, 0.15) is 0 Å². The topological polar surface area (TPSA) is 80.0 Å². The molecule has 0 aromatic carbocycles. The van der Waals surface area contributed by atoms with Crippen molar-refractivity contribution >= 4 is 11.6 Å². The van der Waals surface area contributed by atoms with E-state index in [0.29, 0.717) is 17.2 Å². The van der Waals surface area contributed by atoms with Gasteiger partial charge in [0, 0.05) is 12.3 Å². The number of nitrogens with two attached hydrogens (primary N) is 1. The summed E-state index contributed by atoms with van der Waals surface area (Å²) in [7, 11) is 0. The van der Waals surface area contributed by atoms with E-state index in [9.17, 15) is 0 Å². The maximum Gasteiger partial charge on any atom is 0.226 e. The average molecular weight is 159 g/mol. The van der Waals surface area contributed by atoms with Crippen LogP contribution in [0.1, 0.15) is 5.56 Å². The Morgan fingerprint density at radius 3 is 3.08 bits per heavy atom. The molecule has 58 valence electrons. The minimum atomic E-state index is 0.328. The summed E-state index contributed by atoms with van der Waals surface area (Å²) in [5.74, 6) is 0.328. The van der Waals surface area contributed by atoms with E-state index in [-0.39, 0.29) is 0 Å². The average Bonchev–Trinajstić information content (AvgIpc) is 2.47. The predicted octanol–water partition coefficient (Wildman–Crippen LogP) is 0.183. The summed E-state index contributed by atoms with van der Waals surface area (Å²) in [5.41, 5.74) is 6.61. The van der Waals surface area contributed by atoms with Crippen LogP contribution >= 0.6 is 0 Å². The summed E-state index contributed by atoms with van der Waals surface area (Å²) in [5, 5.41) is 16.0. The molecule has 5 nitrogen and oxygen atoms in total. The van der Waals surface area contributed by atoms with Crippen LogP contribution in [0.25, 0.3) is 5.65 Å². The summed E-state index contributed by atoms with van der Waals surface area (Å²) in [6.45, 7) is 0. The Bertz CT molecular complexity index is 464. The monoisotopic (exact) mass is 159 g/mol. The minimum Gasteiger partial charge on any atom is -0.368 e. The first-order valence-corrected chi connectivity index (χ1v) is 3.31. The third-order valence-electron chi connectivity index (χ3n) is 1.57. The normalized spacial score (nSPS) is 9.92. The number of hydrogen-bond donors (Lipinski definition) is 1. The lowest BCUT2D eigenvalue weighted by molar-refractivity contribution is 1.12. The van der Waals surface area contributed by atoms with Crippen LogP contribution in [0.2, 0.25) is 0 Å². The molecule has 2 N–H and O–H groups in total. The molecule has 0 aliphatic carbocycles. The maximum atomic E-state index is 8.57. The van der Waals surface area contributed by atoms with Gasteiger partial charge in [-0.25, -0.2) is 0 Å². The van der Waals surface area contributed by atoms with Crippen molar-refractivity contribution in [3.63, 3.8) is 0 Å². The smallest absolute Gasteiger partial charge is 0.226 e. The van der Waals surface area contributed by atoms with Gasteiger partial charge >= 0.3 is 0 Å². The molecule has 0 unspecified atom stereocenters. The minimum absolute atomic E-state index is 0.328. The zero-order chi connectivity index (χ0) is 8.55. The van der Waals surface area contributed by atoms with Gasteiger partial charge in [-0.3, -0.25) is 4.40 Å². The summed E-state index contributed by atoms with van der Waals surface area (Å²) in [4.78, 5) is 0. The van der Waals surface area contributed by atoms with Gasteiger partial charge < -0.3 is 5.73 Å². The van der Waals surface area contributed by atoms with Gasteiger partial charge in [0.2, 0.25) is 5.95 Å². The number of rotatable bonds is 0. The van der Waals surface area contributed by atoms with Crippen molar-refractivity contribution in [1.82, 2.24) is 14.6 Å². The zero-order valence-electron chi connectivity index (χ0n) is 6.10. The summed E-state index contributed by atoms with van der Waals surface area (Å²) < 4.78 is 1.61. The van der Waals surface area contributed by atoms with E-state index < -0.39 is 0 Å². The highest BCUT2D eigenvalue weighted by molar-refractivity contribution is 5.48. The summed E-state index contributed by atoms with van der Waals surface area (Å²) in [6.07, 6.45) is 1.67. The Balaban J connectivity index is 2.80. The lowest BCUT2D eigenvalue weighted by Crippen LogP contribution is -1.93. The second-order valence-corrected chi connectivity index (χ2v) is 2.31. The van der Waals surface area contributed by atoms with Crippen LogP contribution in [-0.2, 0) is 0 Å². The first-order chi connectivity index (χ1) is 5.81. The van der Waals surface area contributed by atoms with Crippen molar-refractivity contribution < 1.29 is 0 Å². The van der Waals surface area contributed by atoms with Crippen molar-refractivity contribution in [1.29, 1.82) is 5.26 Å². The van der Waals surface area contributed by atoms with E-state index in [1.54, 1.807) is 22.7 Å². The first-order valence-electron chi connectivity index (χ1n) is 3.31. The van der Waals surface area contributed by atoms with Gasteiger partial charge in [-0.2, -0.15) is 5.26 Å². The van der Waals surface area contributed by atoms with Crippen molar-refractivity contribution in [2.75, 3.05) is 5.73 Å². The first kappa shape index (κ1) is 6.61. The SMILES string of the molecule is N#Cc1ccn2c(N)nnc2c1.